The van der Waals surface area contributed by atoms with Crippen LogP contribution in [-0.2, 0) is 9.59 Å². The first-order chi connectivity index (χ1) is 16.5. The smallest absolute Gasteiger partial charge is 0.262 e. The zero-order valence-electron chi connectivity index (χ0n) is 19.1. The molecular formula is C26H27N3O5. The zero-order valence-corrected chi connectivity index (χ0v) is 19.1. The molecule has 3 aromatic carbocycles. The summed E-state index contributed by atoms with van der Waals surface area (Å²) in [5.41, 5.74) is 1.83. The third-order valence-corrected chi connectivity index (χ3v) is 4.98. The van der Waals surface area contributed by atoms with E-state index >= 15 is 0 Å². The highest BCUT2D eigenvalue weighted by Crippen LogP contribution is 2.17. The van der Waals surface area contributed by atoms with Gasteiger partial charge in [0.1, 0.15) is 11.5 Å². The molecule has 0 aliphatic rings. The summed E-state index contributed by atoms with van der Waals surface area (Å²) < 4.78 is 10.6. The van der Waals surface area contributed by atoms with E-state index in [1.807, 2.05) is 30.3 Å². The highest BCUT2D eigenvalue weighted by atomic mass is 16.5. The molecular weight excluding hydrogens is 434 g/mol. The molecule has 0 aliphatic carbocycles. The van der Waals surface area contributed by atoms with E-state index < -0.39 is 0 Å². The average molecular weight is 462 g/mol. The summed E-state index contributed by atoms with van der Waals surface area (Å²) >= 11 is 0. The highest BCUT2D eigenvalue weighted by Gasteiger charge is 2.12. The van der Waals surface area contributed by atoms with E-state index in [4.69, 9.17) is 9.47 Å². The normalized spacial score (nSPS) is 10.2. The second-order valence-corrected chi connectivity index (χ2v) is 7.39. The minimum absolute atomic E-state index is 0.0949. The van der Waals surface area contributed by atoms with Gasteiger partial charge >= 0.3 is 0 Å². The summed E-state index contributed by atoms with van der Waals surface area (Å²) in [6, 6.07) is 22.7. The van der Waals surface area contributed by atoms with Gasteiger partial charge in [0.05, 0.1) is 7.11 Å². The molecule has 0 heterocycles. The van der Waals surface area contributed by atoms with Gasteiger partial charge in [-0.1, -0.05) is 24.3 Å². The molecule has 0 spiro atoms. The molecule has 3 amide bonds. The van der Waals surface area contributed by atoms with Crippen LogP contribution in [0.15, 0.2) is 78.9 Å². The van der Waals surface area contributed by atoms with Crippen molar-refractivity contribution in [1.29, 1.82) is 0 Å². The first-order valence-electron chi connectivity index (χ1n) is 10.7. The Hall–Kier alpha value is -4.33. The van der Waals surface area contributed by atoms with Crippen molar-refractivity contribution in [2.75, 3.05) is 37.5 Å². The van der Waals surface area contributed by atoms with E-state index in [0.717, 1.165) is 5.69 Å². The molecule has 0 bridgehead atoms. The number of methoxy groups -OCH3 is 1. The Morgan fingerprint density at radius 1 is 0.882 bits per heavy atom. The van der Waals surface area contributed by atoms with Crippen molar-refractivity contribution < 1.29 is 23.9 Å². The largest absolute Gasteiger partial charge is 0.497 e. The lowest BCUT2D eigenvalue weighted by atomic mass is 10.2. The number of carbonyl (C=O) groups excluding carboxylic acids is 3. The molecule has 34 heavy (non-hydrogen) atoms. The Labute approximate surface area is 198 Å². The summed E-state index contributed by atoms with van der Waals surface area (Å²) in [5, 5.41) is 5.47. The lowest BCUT2D eigenvalue weighted by Gasteiger charge is -2.17. The third kappa shape index (κ3) is 7.09. The lowest BCUT2D eigenvalue weighted by molar-refractivity contribution is -0.118. The van der Waals surface area contributed by atoms with Crippen LogP contribution in [0.4, 0.5) is 11.4 Å². The number of nitrogens with one attached hydrogen (secondary N) is 2. The van der Waals surface area contributed by atoms with Crippen LogP contribution in [-0.4, -0.2) is 45.0 Å². The van der Waals surface area contributed by atoms with Crippen LogP contribution in [0.2, 0.25) is 0 Å². The van der Waals surface area contributed by atoms with Crippen LogP contribution in [0.25, 0.3) is 0 Å². The minimum atomic E-state index is -0.319. The number of carbonyl (C=O) groups is 3. The van der Waals surface area contributed by atoms with E-state index in [1.165, 1.54) is 0 Å². The lowest BCUT2D eigenvalue weighted by Crippen LogP contribution is -2.32. The number of benzene rings is 3. The molecule has 3 rings (SSSR count). The topological polar surface area (TPSA) is 97.0 Å². The van der Waals surface area contributed by atoms with Crippen molar-refractivity contribution in [3.8, 4) is 11.5 Å². The quantitative estimate of drug-likeness (QED) is 0.482. The molecule has 176 valence electrons. The summed E-state index contributed by atoms with van der Waals surface area (Å²) in [6.07, 6.45) is 0.181. The van der Waals surface area contributed by atoms with Crippen molar-refractivity contribution in [3.63, 3.8) is 0 Å². The molecule has 0 radical (unpaired) electrons. The van der Waals surface area contributed by atoms with E-state index in [-0.39, 0.29) is 37.3 Å². The molecule has 0 unspecified atom stereocenters. The van der Waals surface area contributed by atoms with Crippen molar-refractivity contribution >= 4 is 29.1 Å². The molecule has 0 aromatic heterocycles. The van der Waals surface area contributed by atoms with E-state index in [1.54, 1.807) is 67.6 Å². The third-order valence-electron chi connectivity index (χ3n) is 4.98. The Morgan fingerprint density at radius 2 is 1.62 bits per heavy atom. The van der Waals surface area contributed by atoms with Crippen molar-refractivity contribution in [2.45, 2.75) is 6.42 Å². The van der Waals surface area contributed by atoms with Gasteiger partial charge in [0, 0.05) is 43.0 Å². The van der Waals surface area contributed by atoms with Crippen LogP contribution < -0.4 is 25.0 Å². The first-order valence-corrected chi connectivity index (χ1v) is 10.7. The number of nitrogens with zero attached hydrogens (tertiary/aromatic N) is 1. The average Bonchev–Trinajstić information content (AvgIpc) is 2.87. The Kier molecular flexibility index (Phi) is 8.62. The SMILES string of the molecule is COc1cccc(NC(=O)COc2ccc(C(=O)NCCC(=O)N(C)c3ccccc3)cc2)c1. The second-order valence-electron chi connectivity index (χ2n) is 7.39. The van der Waals surface area contributed by atoms with Gasteiger partial charge in [-0.05, 0) is 48.5 Å². The summed E-state index contributed by atoms with van der Waals surface area (Å²) in [7, 11) is 3.26. The summed E-state index contributed by atoms with van der Waals surface area (Å²) in [4.78, 5) is 38.3. The number of anilines is 2. The fourth-order valence-electron chi connectivity index (χ4n) is 3.10. The van der Waals surface area contributed by atoms with Gasteiger partial charge < -0.3 is 25.0 Å². The maximum absolute atomic E-state index is 12.3. The van der Waals surface area contributed by atoms with E-state index in [0.29, 0.717) is 22.7 Å². The summed E-state index contributed by atoms with van der Waals surface area (Å²) in [6.45, 7) is 0.0390. The molecule has 0 saturated heterocycles. The van der Waals surface area contributed by atoms with Crippen LogP contribution in [0, 0.1) is 0 Å². The van der Waals surface area contributed by atoms with Crippen molar-refractivity contribution in [2.24, 2.45) is 0 Å². The van der Waals surface area contributed by atoms with Gasteiger partial charge in [-0.15, -0.1) is 0 Å². The number of ether oxygens (including phenoxy) is 2. The fraction of sp³-hybridized carbons (Fsp3) is 0.192. The van der Waals surface area contributed by atoms with Crippen LogP contribution in [0.1, 0.15) is 16.8 Å². The van der Waals surface area contributed by atoms with Crippen molar-refractivity contribution in [1.82, 2.24) is 5.32 Å². The first kappa shape index (κ1) is 24.3. The number of rotatable bonds is 10. The Morgan fingerprint density at radius 3 is 2.32 bits per heavy atom. The van der Waals surface area contributed by atoms with Gasteiger partial charge in [0.2, 0.25) is 5.91 Å². The van der Waals surface area contributed by atoms with Crippen LogP contribution in [0.5, 0.6) is 11.5 Å². The molecule has 3 aromatic rings. The molecule has 0 fully saturated rings. The van der Waals surface area contributed by atoms with Crippen LogP contribution >= 0.6 is 0 Å². The van der Waals surface area contributed by atoms with Gasteiger partial charge in [-0.2, -0.15) is 0 Å². The maximum atomic E-state index is 12.3. The second kappa shape index (κ2) is 12.1. The summed E-state index contributed by atoms with van der Waals surface area (Å²) in [5.74, 6) is 0.386. The van der Waals surface area contributed by atoms with Gasteiger partial charge in [-0.25, -0.2) is 0 Å². The number of hydrogen-bond acceptors (Lipinski definition) is 5. The van der Waals surface area contributed by atoms with E-state index in [2.05, 4.69) is 10.6 Å². The van der Waals surface area contributed by atoms with Crippen molar-refractivity contribution in [3.05, 3.63) is 84.4 Å². The fourth-order valence-corrected chi connectivity index (χ4v) is 3.10. The molecule has 8 heteroatoms. The van der Waals surface area contributed by atoms with Gasteiger partial charge in [-0.3, -0.25) is 14.4 Å². The molecule has 0 atom stereocenters. The predicted octanol–water partition coefficient (Wildman–Crippen LogP) is 3.50. The van der Waals surface area contributed by atoms with Gasteiger partial charge in [0.15, 0.2) is 6.61 Å². The van der Waals surface area contributed by atoms with Gasteiger partial charge in [0.25, 0.3) is 11.8 Å². The number of hydrogen-bond donors (Lipinski definition) is 2. The zero-order chi connectivity index (χ0) is 24.3. The Bertz CT molecular complexity index is 1120. The molecule has 0 saturated carbocycles. The monoisotopic (exact) mass is 461 g/mol. The molecule has 2 N–H and O–H groups in total. The molecule has 8 nitrogen and oxygen atoms in total. The Balaban J connectivity index is 1.41. The molecule has 0 aliphatic heterocycles. The minimum Gasteiger partial charge on any atom is -0.497 e. The number of amides is 3. The standard InChI is InChI=1S/C26H27N3O5/c1-29(21-8-4-3-5-9-21)25(31)15-16-27-26(32)19-11-13-22(14-12-19)34-18-24(30)28-20-7-6-10-23(17-20)33-2/h3-14,17H,15-16,18H2,1-2H3,(H,27,32)(H,28,30). The highest BCUT2D eigenvalue weighted by molar-refractivity contribution is 5.96. The van der Waals surface area contributed by atoms with E-state index in [9.17, 15) is 14.4 Å². The predicted molar refractivity (Wildman–Crippen MR) is 130 cm³/mol. The number of para-hydroxylation sites is 1. The van der Waals surface area contributed by atoms with Crippen LogP contribution in [0.3, 0.4) is 0 Å². The maximum Gasteiger partial charge on any atom is 0.262 e.